The van der Waals surface area contributed by atoms with E-state index in [2.05, 4.69) is 5.32 Å². The van der Waals surface area contributed by atoms with Gasteiger partial charge >= 0.3 is 5.97 Å². The van der Waals surface area contributed by atoms with Gasteiger partial charge in [0.15, 0.2) is 0 Å². The van der Waals surface area contributed by atoms with Crippen molar-refractivity contribution in [3.05, 3.63) is 29.8 Å². The summed E-state index contributed by atoms with van der Waals surface area (Å²) in [4.78, 5) is 36.7. The molecule has 23 heavy (non-hydrogen) atoms. The molecule has 1 atom stereocenters. The molecule has 0 aromatic heterocycles. The lowest BCUT2D eigenvalue weighted by Gasteiger charge is -2.21. The largest absolute Gasteiger partial charge is 0.493 e. The Kier molecular flexibility index (Phi) is 5.56. The summed E-state index contributed by atoms with van der Waals surface area (Å²) >= 11 is 0. The molecule has 2 amide bonds. The zero-order chi connectivity index (χ0) is 16.8. The molecule has 1 aliphatic rings. The van der Waals surface area contributed by atoms with Gasteiger partial charge in [-0.25, -0.2) is 4.79 Å². The maximum absolute atomic E-state index is 12.2. The molecule has 2 rings (SSSR count). The van der Waals surface area contributed by atoms with Gasteiger partial charge in [0.2, 0.25) is 5.91 Å². The number of amides is 2. The van der Waals surface area contributed by atoms with Crippen LogP contribution in [0.3, 0.4) is 0 Å². The molecule has 0 spiro atoms. The molecule has 1 aromatic carbocycles. The highest BCUT2D eigenvalue weighted by atomic mass is 16.5. The van der Waals surface area contributed by atoms with E-state index >= 15 is 0 Å². The molecule has 7 nitrogen and oxygen atoms in total. The zero-order valence-electron chi connectivity index (χ0n) is 12.9. The fourth-order valence-electron chi connectivity index (χ4n) is 2.61. The van der Waals surface area contributed by atoms with Gasteiger partial charge in [-0.1, -0.05) is 12.1 Å². The first-order chi connectivity index (χ1) is 11.0. The Balaban J connectivity index is 1.96. The molecule has 0 unspecified atom stereocenters. The van der Waals surface area contributed by atoms with E-state index in [0.29, 0.717) is 37.3 Å². The SMILES string of the molecule is CCOc1ccccc1C(=O)NCC(=O)N1CCC[C@@H]1C(=O)O. The number of likely N-dealkylation sites (tertiary alicyclic amines) is 1. The molecule has 0 radical (unpaired) electrons. The fourth-order valence-corrected chi connectivity index (χ4v) is 2.61. The second kappa shape index (κ2) is 7.62. The van der Waals surface area contributed by atoms with E-state index in [9.17, 15) is 14.4 Å². The van der Waals surface area contributed by atoms with Crippen LogP contribution < -0.4 is 10.1 Å². The summed E-state index contributed by atoms with van der Waals surface area (Å²) in [6.07, 6.45) is 1.10. The zero-order valence-corrected chi connectivity index (χ0v) is 12.9. The molecular weight excluding hydrogens is 300 g/mol. The Hall–Kier alpha value is -2.57. The predicted octanol–water partition coefficient (Wildman–Crippen LogP) is 0.891. The summed E-state index contributed by atoms with van der Waals surface area (Å²) < 4.78 is 5.38. The third-order valence-electron chi connectivity index (χ3n) is 3.69. The molecule has 1 aliphatic heterocycles. The van der Waals surface area contributed by atoms with Crippen LogP contribution in [0.25, 0.3) is 0 Å². The molecule has 1 heterocycles. The van der Waals surface area contributed by atoms with E-state index in [1.807, 2.05) is 6.92 Å². The van der Waals surface area contributed by atoms with Crippen molar-refractivity contribution in [2.24, 2.45) is 0 Å². The van der Waals surface area contributed by atoms with Crippen molar-refractivity contribution < 1.29 is 24.2 Å². The Morgan fingerprint density at radius 3 is 2.78 bits per heavy atom. The van der Waals surface area contributed by atoms with E-state index in [0.717, 1.165) is 0 Å². The van der Waals surface area contributed by atoms with E-state index in [4.69, 9.17) is 9.84 Å². The van der Waals surface area contributed by atoms with Crippen LogP contribution in [-0.2, 0) is 9.59 Å². The maximum Gasteiger partial charge on any atom is 0.326 e. The number of rotatable bonds is 6. The number of carbonyl (C=O) groups is 3. The van der Waals surface area contributed by atoms with Crippen LogP contribution in [0.5, 0.6) is 5.75 Å². The maximum atomic E-state index is 12.2. The normalized spacial score (nSPS) is 16.9. The lowest BCUT2D eigenvalue weighted by molar-refractivity contribution is -0.147. The van der Waals surface area contributed by atoms with Gasteiger partial charge in [-0.3, -0.25) is 9.59 Å². The molecule has 0 bridgehead atoms. The lowest BCUT2D eigenvalue weighted by Crippen LogP contribution is -2.45. The Bertz CT molecular complexity index is 602. The number of carboxylic acids is 1. The van der Waals surface area contributed by atoms with Gasteiger partial charge in [0.1, 0.15) is 11.8 Å². The second-order valence-electron chi connectivity index (χ2n) is 5.20. The number of hydrogen-bond acceptors (Lipinski definition) is 4. The molecule has 7 heteroatoms. The van der Waals surface area contributed by atoms with Crippen molar-refractivity contribution >= 4 is 17.8 Å². The van der Waals surface area contributed by atoms with Crippen molar-refractivity contribution in [1.29, 1.82) is 0 Å². The lowest BCUT2D eigenvalue weighted by atomic mass is 10.2. The Morgan fingerprint density at radius 2 is 2.09 bits per heavy atom. The minimum atomic E-state index is -1.01. The summed E-state index contributed by atoms with van der Waals surface area (Å²) in [5, 5.41) is 11.6. The van der Waals surface area contributed by atoms with E-state index in [1.54, 1.807) is 24.3 Å². The van der Waals surface area contributed by atoms with Crippen molar-refractivity contribution in [2.45, 2.75) is 25.8 Å². The minimum Gasteiger partial charge on any atom is -0.493 e. The van der Waals surface area contributed by atoms with Crippen molar-refractivity contribution in [1.82, 2.24) is 10.2 Å². The highest BCUT2D eigenvalue weighted by molar-refractivity contribution is 5.99. The van der Waals surface area contributed by atoms with Crippen molar-refractivity contribution in [3.63, 3.8) is 0 Å². The number of para-hydroxylation sites is 1. The van der Waals surface area contributed by atoms with Crippen molar-refractivity contribution in [2.75, 3.05) is 19.7 Å². The third kappa shape index (κ3) is 4.00. The summed E-state index contributed by atoms with van der Waals surface area (Å²) in [5.74, 6) is -1.38. The van der Waals surface area contributed by atoms with Crippen LogP contribution in [-0.4, -0.2) is 53.5 Å². The quantitative estimate of drug-likeness (QED) is 0.811. The topological polar surface area (TPSA) is 95.9 Å². The summed E-state index contributed by atoms with van der Waals surface area (Å²) in [5.41, 5.74) is 0.346. The molecule has 1 saturated heterocycles. The van der Waals surface area contributed by atoms with E-state index < -0.39 is 23.8 Å². The number of nitrogens with zero attached hydrogens (tertiary/aromatic N) is 1. The van der Waals surface area contributed by atoms with Crippen LogP contribution >= 0.6 is 0 Å². The highest BCUT2D eigenvalue weighted by Gasteiger charge is 2.33. The number of benzene rings is 1. The van der Waals surface area contributed by atoms with E-state index in [1.165, 1.54) is 4.90 Å². The van der Waals surface area contributed by atoms with Gasteiger partial charge in [-0.2, -0.15) is 0 Å². The van der Waals surface area contributed by atoms with Gasteiger partial charge in [0.05, 0.1) is 18.7 Å². The highest BCUT2D eigenvalue weighted by Crippen LogP contribution is 2.19. The number of hydrogen-bond donors (Lipinski definition) is 2. The predicted molar refractivity (Wildman–Crippen MR) is 82.3 cm³/mol. The van der Waals surface area contributed by atoms with Crippen LogP contribution in [0.2, 0.25) is 0 Å². The first-order valence-electron chi connectivity index (χ1n) is 7.57. The van der Waals surface area contributed by atoms with Gasteiger partial charge in [0.25, 0.3) is 5.91 Å². The van der Waals surface area contributed by atoms with Crippen LogP contribution in [0.4, 0.5) is 0 Å². The average Bonchev–Trinajstić information content (AvgIpc) is 3.03. The molecule has 124 valence electrons. The van der Waals surface area contributed by atoms with Gasteiger partial charge < -0.3 is 20.1 Å². The molecule has 1 aromatic rings. The summed E-state index contributed by atoms with van der Waals surface area (Å²) in [7, 11) is 0. The third-order valence-corrected chi connectivity index (χ3v) is 3.69. The van der Waals surface area contributed by atoms with Crippen LogP contribution in [0, 0.1) is 0 Å². The fraction of sp³-hybridized carbons (Fsp3) is 0.438. The number of ether oxygens (including phenoxy) is 1. The van der Waals surface area contributed by atoms with Gasteiger partial charge in [-0.05, 0) is 31.9 Å². The number of aliphatic carboxylic acids is 1. The number of nitrogens with one attached hydrogen (secondary N) is 1. The van der Waals surface area contributed by atoms with Crippen LogP contribution in [0.1, 0.15) is 30.1 Å². The molecule has 0 aliphatic carbocycles. The van der Waals surface area contributed by atoms with Crippen molar-refractivity contribution in [3.8, 4) is 5.75 Å². The summed E-state index contributed by atoms with van der Waals surface area (Å²) in [6.45, 7) is 2.42. The minimum absolute atomic E-state index is 0.233. The number of carbonyl (C=O) groups excluding carboxylic acids is 2. The molecule has 0 saturated carbocycles. The molecule has 2 N–H and O–H groups in total. The second-order valence-corrected chi connectivity index (χ2v) is 5.20. The molecule has 1 fully saturated rings. The Morgan fingerprint density at radius 1 is 1.35 bits per heavy atom. The average molecular weight is 320 g/mol. The smallest absolute Gasteiger partial charge is 0.326 e. The first kappa shape index (κ1) is 16.8. The van der Waals surface area contributed by atoms with Gasteiger partial charge in [0, 0.05) is 6.54 Å². The Labute approximate surface area is 134 Å². The monoisotopic (exact) mass is 320 g/mol. The summed E-state index contributed by atoms with van der Waals surface area (Å²) in [6, 6.07) is 5.96. The molecular formula is C16H20N2O5. The number of carboxylic acid groups (broad SMARTS) is 1. The first-order valence-corrected chi connectivity index (χ1v) is 7.57. The van der Waals surface area contributed by atoms with Crippen LogP contribution in [0.15, 0.2) is 24.3 Å². The standard InChI is InChI=1S/C16H20N2O5/c1-2-23-13-8-4-3-6-11(13)15(20)17-10-14(19)18-9-5-7-12(18)16(21)22/h3-4,6,8,12H,2,5,7,9-10H2,1H3,(H,17,20)(H,21,22)/t12-/m1/s1. The van der Waals surface area contributed by atoms with E-state index in [-0.39, 0.29) is 6.54 Å². The van der Waals surface area contributed by atoms with Gasteiger partial charge in [-0.15, -0.1) is 0 Å².